The van der Waals surface area contributed by atoms with Crippen molar-refractivity contribution in [2.45, 2.75) is 64.1 Å². The number of nitrogens with zero attached hydrogens (tertiary/aromatic N) is 1. The Morgan fingerprint density at radius 2 is 1.84 bits per heavy atom. The molecule has 1 aliphatic carbocycles. The van der Waals surface area contributed by atoms with Crippen molar-refractivity contribution in [1.29, 1.82) is 0 Å². The second-order valence-corrected chi connectivity index (χ2v) is 7.90. The van der Waals surface area contributed by atoms with Gasteiger partial charge in [0, 0.05) is 19.7 Å². The van der Waals surface area contributed by atoms with Crippen molar-refractivity contribution in [1.82, 2.24) is 4.90 Å². The van der Waals surface area contributed by atoms with Crippen LogP contribution < -0.4 is 0 Å². The molecule has 0 spiro atoms. The number of carbonyl (C=O) groups excluding carboxylic acids is 1. The van der Waals surface area contributed by atoms with Gasteiger partial charge in [-0.25, -0.2) is 0 Å². The van der Waals surface area contributed by atoms with E-state index in [1.807, 2.05) is 4.90 Å². The van der Waals surface area contributed by atoms with Gasteiger partial charge in [-0.15, -0.1) is 0 Å². The van der Waals surface area contributed by atoms with Crippen molar-refractivity contribution in [3.63, 3.8) is 0 Å². The van der Waals surface area contributed by atoms with Gasteiger partial charge >= 0.3 is 5.97 Å². The number of hydrogen-bond acceptors (Lipinski definition) is 4. The highest BCUT2D eigenvalue weighted by atomic mass is 16.5. The lowest BCUT2D eigenvalue weighted by Gasteiger charge is -2.36. The smallest absolute Gasteiger partial charge is 0.309 e. The molecule has 1 N–H and O–H groups in total. The van der Waals surface area contributed by atoms with Gasteiger partial charge in [0.25, 0.3) is 0 Å². The number of likely N-dealkylation sites (tertiary alicyclic amines) is 1. The predicted molar refractivity (Wildman–Crippen MR) is 92.2 cm³/mol. The Kier molecular flexibility index (Phi) is 6.34. The van der Waals surface area contributed by atoms with Gasteiger partial charge in [-0.1, -0.05) is 19.8 Å². The second-order valence-electron chi connectivity index (χ2n) is 7.90. The SMILES string of the molecule is CC1CCCCC1OCC(=O)N1CCC([C@@H]2OCCC2C(=O)O)CC1. The third kappa shape index (κ3) is 4.53. The number of ether oxygens (including phenoxy) is 2. The van der Waals surface area contributed by atoms with E-state index in [0.29, 0.717) is 32.0 Å². The fourth-order valence-corrected chi connectivity index (χ4v) is 4.62. The third-order valence-corrected chi connectivity index (χ3v) is 6.26. The number of carboxylic acid groups (broad SMARTS) is 1. The molecule has 6 nitrogen and oxygen atoms in total. The van der Waals surface area contributed by atoms with Crippen LogP contribution in [0.1, 0.15) is 51.9 Å². The van der Waals surface area contributed by atoms with E-state index in [-0.39, 0.29) is 36.6 Å². The van der Waals surface area contributed by atoms with Crippen LogP contribution in [0, 0.1) is 17.8 Å². The maximum Gasteiger partial charge on any atom is 0.309 e. The van der Waals surface area contributed by atoms with E-state index >= 15 is 0 Å². The Balaban J connectivity index is 1.42. The summed E-state index contributed by atoms with van der Waals surface area (Å²) >= 11 is 0. The first-order valence-electron chi connectivity index (χ1n) is 9.80. The molecule has 2 heterocycles. The van der Waals surface area contributed by atoms with Crippen LogP contribution in [0.2, 0.25) is 0 Å². The van der Waals surface area contributed by atoms with E-state index in [2.05, 4.69) is 6.92 Å². The van der Waals surface area contributed by atoms with Gasteiger partial charge in [0.15, 0.2) is 0 Å². The summed E-state index contributed by atoms with van der Waals surface area (Å²) in [6.07, 6.45) is 6.99. The maximum atomic E-state index is 12.4. The van der Waals surface area contributed by atoms with E-state index in [1.165, 1.54) is 19.3 Å². The van der Waals surface area contributed by atoms with Gasteiger partial charge in [-0.2, -0.15) is 0 Å². The topological polar surface area (TPSA) is 76.1 Å². The molecule has 3 fully saturated rings. The third-order valence-electron chi connectivity index (χ3n) is 6.26. The summed E-state index contributed by atoms with van der Waals surface area (Å²) in [5, 5.41) is 9.31. The van der Waals surface area contributed by atoms with Crippen molar-refractivity contribution >= 4 is 11.9 Å². The number of piperidine rings is 1. The summed E-state index contributed by atoms with van der Waals surface area (Å²) in [6, 6.07) is 0. The van der Waals surface area contributed by atoms with E-state index in [1.54, 1.807) is 0 Å². The first-order valence-corrected chi connectivity index (χ1v) is 9.80. The molecule has 6 heteroatoms. The highest BCUT2D eigenvalue weighted by Gasteiger charge is 2.40. The molecule has 142 valence electrons. The van der Waals surface area contributed by atoms with E-state index in [4.69, 9.17) is 9.47 Å². The first kappa shape index (κ1) is 18.6. The molecule has 3 aliphatic rings. The standard InChI is InChI=1S/C19H31NO5/c1-13-4-2-3-5-16(13)25-12-17(21)20-9-6-14(7-10-20)18-15(19(22)23)8-11-24-18/h13-16,18H,2-12H2,1H3,(H,22,23)/t13?,15?,16?,18-/m0/s1. The number of amides is 1. The van der Waals surface area contributed by atoms with Crippen molar-refractivity contribution in [2.75, 3.05) is 26.3 Å². The fourth-order valence-electron chi connectivity index (χ4n) is 4.62. The summed E-state index contributed by atoms with van der Waals surface area (Å²) in [7, 11) is 0. The first-order chi connectivity index (χ1) is 12.1. The van der Waals surface area contributed by atoms with Crippen molar-refractivity contribution in [2.24, 2.45) is 17.8 Å². The molecular weight excluding hydrogens is 322 g/mol. The second kappa shape index (κ2) is 8.49. The van der Waals surface area contributed by atoms with Gasteiger partial charge in [-0.05, 0) is 43.9 Å². The summed E-state index contributed by atoms with van der Waals surface area (Å²) < 4.78 is 11.6. The molecular formula is C19H31NO5. The molecule has 0 radical (unpaired) electrons. The normalized spacial score (nSPS) is 34.2. The molecule has 0 aromatic rings. The lowest BCUT2D eigenvalue weighted by molar-refractivity contribution is -0.147. The Labute approximate surface area is 149 Å². The quantitative estimate of drug-likeness (QED) is 0.821. The van der Waals surface area contributed by atoms with Crippen LogP contribution >= 0.6 is 0 Å². The summed E-state index contributed by atoms with van der Waals surface area (Å²) in [4.78, 5) is 25.6. The molecule has 1 amide bonds. The minimum atomic E-state index is -0.754. The molecule has 1 saturated carbocycles. The molecule has 2 saturated heterocycles. The Bertz CT molecular complexity index is 474. The van der Waals surface area contributed by atoms with Crippen LogP contribution in [0.15, 0.2) is 0 Å². The Morgan fingerprint density at radius 3 is 2.52 bits per heavy atom. The highest BCUT2D eigenvalue weighted by Crippen LogP contribution is 2.33. The molecule has 3 rings (SSSR count). The van der Waals surface area contributed by atoms with Gasteiger partial charge < -0.3 is 19.5 Å². The lowest BCUT2D eigenvalue weighted by Crippen LogP contribution is -2.45. The molecule has 0 aromatic heterocycles. The summed E-state index contributed by atoms with van der Waals surface area (Å²) in [6.45, 7) is 4.28. The van der Waals surface area contributed by atoms with Crippen molar-refractivity contribution < 1.29 is 24.2 Å². The molecule has 0 bridgehead atoms. The van der Waals surface area contributed by atoms with E-state index in [0.717, 1.165) is 19.3 Å². The van der Waals surface area contributed by atoms with Crippen LogP contribution in [0.3, 0.4) is 0 Å². The van der Waals surface area contributed by atoms with Gasteiger partial charge in [0.1, 0.15) is 6.61 Å². The molecule has 3 unspecified atom stereocenters. The van der Waals surface area contributed by atoms with E-state index in [9.17, 15) is 14.7 Å². The van der Waals surface area contributed by atoms with Crippen LogP contribution in [0.5, 0.6) is 0 Å². The maximum absolute atomic E-state index is 12.4. The van der Waals surface area contributed by atoms with Gasteiger partial charge in [0.2, 0.25) is 5.91 Å². The monoisotopic (exact) mass is 353 g/mol. The zero-order valence-corrected chi connectivity index (χ0v) is 15.2. The molecule has 2 aliphatic heterocycles. The zero-order chi connectivity index (χ0) is 17.8. The lowest BCUT2D eigenvalue weighted by atomic mass is 9.84. The summed E-state index contributed by atoms with van der Waals surface area (Å²) in [5.41, 5.74) is 0. The number of rotatable bonds is 5. The fraction of sp³-hybridized carbons (Fsp3) is 0.895. The Morgan fingerprint density at radius 1 is 1.12 bits per heavy atom. The predicted octanol–water partition coefficient (Wildman–Crippen LogP) is 2.31. The van der Waals surface area contributed by atoms with E-state index < -0.39 is 5.97 Å². The Hall–Kier alpha value is -1.14. The summed E-state index contributed by atoms with van der Waals surface area (Å²) in [5.74, 6) is -0.288. The number of hydrogen-bond donors (Lipinski definition) is 1. The van der Waals surface area contributed by atoms with Crippen LogP contribution in [-0.2, 0) is 19.1 Å². The van der Waals surface area contributed by atoms with Crippen LogP contribution in [-0.4, -0.2) is 60.4 Å². The van der Waals surface area contributed by atoms with Crippen molar-refractivity contribution in [3.8, 4) is 0 Å². The number of aliphatic carboxylic acids is 1. The minimum absolute atomic E-state index is 0.0679. The van der Waals surface area contributed by atoms with Gasteiger partial charge in [-0.3, -0.25) is 9.59 Å². The minimum Gasteiger partial charge on any atom is -0.481 e. The van der Waals surface area contributed by atoms with Crippen molar-refractivity contribution in [3.05, 3.63) is 0 Å². The number of carboxylic acids is 1. The molecule has 25 heavy (non-hydrogen) atoms. The average molecular weight is 353 g/mol. The molecule has 4 atom stereocenters. The van der Waals surface area contributed by atoms with Crippen LogP contribution in [0.4, 0.5) is 0 Å². The van der Waals surface area contributed by atoms with Gasteiger partial charge in [0.05, 0.1) is 18.1 Å². The highest BCUT2D eigenvalue weighted by molar-refractivity contribution is 5.77. The largest absolute Gasteiger partial charge is 0.481 e. The van der Waals surface area contributed by atoms with Crippen LogP contribution in [0.25, 0.3) is 0 Å². The average Bonchev–Trinajstić information content (AvgIpc) is 3.11. The molecule has 0 aromatic carbocycles. The number of carbonyl (C=O) groups is 2. The zero-order valence-electron chi connectivity index (χ0n) is 15.2.